The summed E-state index contributed by atoms with van der Waals surface area (Å²) in [6.45, 7) is 8.86. The van der Waals surface area contributed by atoms with Crippen LogP contribution in [0, 0.1) is 5.92 Å². The zero-order valence-corrected chi connectivity index (χ0v) is 7.31. The van der Waals surface area contributed by atoms with Crippen LogP contribution in [0.5, 0.6) is 0 Å². The molecule has 1 rings (SSSR count). The Hall–Kier alpha value is -0.0800. The van der Waals surface area contributed by atoms with Crippen molar-refractivity contribution >= 4 is 0 Å². The van der Waals surface area contributed by atoms with Gasteiger partial charge in [-0.25, -0.2) is 0 Å². The molecule has 0 saturated carbocycles. The first kappa shape index (κ1) is 8.02. The molecule has 2 heteroatoms. The zero-order valence-electron chi connectivity index (χ0n) is 7.31. The fourth-order valence-corrected chi connectivity index (χ4v) is 1.24. The average molecular weight is 142 g/mol. The fourth-order valence-electron chi connectivity index (χ4n) is 1.24. The highest BCUT2D eigenvalue weighted by Crippen LogP contribution is 2.17. The molecule has 2 unspecified atom stereocenters. The van der Waals surface area contributed by atoms with Crippen LogP contribution in [0.25, 0.3) is 0 Å². The molecular weight excluding hydrogens is 124 g/mol. The van der Waals surface area contributed by atoms with Crippen LogP contribution in [0.15, 0.2) is 0 Å². The Morgan fingerprint density at radius 3 is 2.10 bits per heavy atom. The molecule has 1 heterocycles. The van der Waals surface area contributed by atoms with E-state index in [1.165, 1.54) is 0 Å². The van der Waals surface area contributed by atoms with Gasteiger partial charge >= 0.3 is 0 Å². The van der Waals surface area contributed by atoms with Gasteiger partial charge in [0.1, 0.15) is 0 Å². The molecule has 0 aromatic heterocycles. The minimum Gasteiger partial charge on any atom is -0.298 e. The van der Waals surface area contributed by atoms with Crippen molar-refractivity contribution in [1.82, 2.24) is 10.6 Å². The van der Waals surface area contributed by atoms with E-state index >= 15 is 0 Å². The highest BCUT2D eigenvalue weighted by molar-refractivity contribution is 4.98. The van der Waals surface area contributed by atoms with Gasteiger partial charge in [-0.3, -0.25) is 10.6 Å². The summed E-state index contributed by atoms with van der Waals surface area (Å²) in [6.07, 6.45) is 0.583. The van der Waals surface area contributed by atoms with Crippen LogP contribution in [-0.2, 0) is 0 Å². The second-order valence-electron chi connectivity index (χ2n) is 3.74. The van der Waals surface area contributed by atoms with Gasteiger partial charge in [-0.1, -0.05) is 13.8 Å². The highest BCUT2D eigenvalue weighted by atomic mass is 15.3. The molecule has 60 valence electrons. The summed E-state index contributed by atoms with van der Waals surface area (Å²) in [6, 6.07) is 1.31. The molecule has 1 fully saturated rings. The first-order chi connectivity index (χ1) is 4.61. The molecule has 0 aromatic carbocycles. The van der Waals surface area contributed by atoms with Gasteiger partial charge in [0.15, 0.2) is 0 Å². The van der Waals surface area contributed by atoms with Crippen molar-refractivity contribution in [3.63, 3.8) is 0 Å². The first-order valence-corrected chi connectivity index (χ1v) is 4.13. The van der Waals surface area contributed by atoms with Gasteiger partial charge in [0.25, 0.3) is 0 Å². The second-order valence-corrected chi connectivity index (χ2v) is 3.74. The molecule has 1 saturated heterocycles. The molecule has 2 atom stereocenters. The third kappa shape index (κ3) is 1.96. The molecule has 2 nitrogen and oxygen atoms in total. The Morgan fingerprint density at radius 2 is 1.80 bits per heavy atom. The number of hydrogen-bond acceptors (Lipinski definition) is 2. The summed E-state index contributed by atoms with van der Waals surface area (Å²) in [5, 5.41) is 6.83. The van der Waals surface area contributed by atoms with E-state index in [9.17, 15) is 0 Å². The van der Waals surface area contributed by atoms with Crippen LogP contribution in [0.1, 0.15) is 27.7 Å². The van der Waals surface area contributed by atoms with Crippen molar-refractivity contribution < 1.29 is 0 Å². The van der Waals surface area contributed by atoms with Crippen molar-refractivity contribution in [3.8, 4) is 0 Å². The largest absolute Gasteiger partial charge is 0.298 e. The Balaban J connectivity index is 2.13. The minimum absolute atomic E-state index is 0.583. The summed E-state index contributed by atoms with van der Waals surface area (Å²) in [7, 11) is 0. The van der Waals surface area contributed by atoms with Gasteiger partial charge in [0, 0.05) is 12.1 Å². The summed E-state index contributed by atoms with van der Waals surface area (Å²) in [5.41, 5.74) is 0. The van der Waals surface area contributed by atoms with Crippen LogP contribution in [0.3, 0.4) is 0 Å². The zero-order chi connectivity index (χ0) is 7.72. The van der Waals surface area contributed by atoms with Crippen molar-refractivity contribution in [2.24, 2.45) is 5.92 Å². The lowest BCUT2D eigenvalue weighted by atomic mass is 10.1. The quantitative estimate of drug-likeness (QED) is 0.575. The van der Waals surface area contributed by atoms with E-state index in [1.54, 1.807) is 0 Å². The summed E-state index contributed by atoms with van der Waals surface area (Å²) in [5.74, 6) is 0.760. The fraction of sp³-hybridized carbons (Fsp3) is 1.00. The Bertz CT molecular complexity index is 110. The molecule has 10 heavy (non-hydrogen) atoms. The molecule has 0 spiro atoms. The molecule has 2 N–H and O–H groups in total. The van der Waals surface area contributed by atoms with Crippen LogP contribution >= 0.6 is 0 Å². The maximum Gasteiger partial charge on any atom is 0.0738 e. The molecular formula is C8H18N2. The summed E-state index contributed by atoms with van der Waals surface area (Å²) >= 11 is 0. The van der Waals surface area contributed by atoms with Crippen molar-refractivity contribution in [2.45, 2.75) is 45.9 Å². The SMILES string of the molecule is CC(C)NC1NC1C(C)C. The average Bonchev–Trinajstić information content (AvgIpc) is 2.43. The topological polar surface area (TPSA) is 34.0 Å². The predicted molar refractivity (Wildman–Crippen MR) is 43.8 cm³/mol. The molecule has 1 aliphatic heterocycles. The van der Waals surface area contributed by atoms with Crippen LogP contribution in [0.4, 0.5) is 0 Å². The van der Waals surface area contributed by atoms with Gasteiger partial charge in [0.2, 0.25) is 0 Å². The van der Waals surface area contributed by atoms with Gasteiger partial charge < -0.3 is 0 Å². The normalized spacial score (nSPS) is 31.8. The molecule has 0 aromatic rings. The first-order valence-electron chi connectivity index (χ1n) is 4.13. The Kier molecular flexibility index (Phi) is 2.32. The number of hydrogen-bond donors (Lipinski definition) is 2. The molecule has 0 amide bonds. The lowest BCUT2D eigenvalue weighted by Gasteiger charge is -2.06. The Morgan fingerprint density at radius 1 is 1.20 bits per heavy atom. The number of nitrogens with one attached hydrogen (secondary N) is 2. The minimum atomic E-state index is 0.583. The smallest absolute Gasteiger partial charge is 0.0738 e. The van der Waals surface area contributed by atoms with Gasteiger partial charge in [-0.2, -0.15) is 0 Å². The van der Waals surface area contributed by atoms with Gasteiger partial charge in [-0.05, 0) is 19.8 Å². The second kappa shape index (κ2) is 2.89. The maximum atomic E-state index is 3.44. The van der Waals surface area contributed by atoms with E-state index in [2.05, 4.69) is 38.3 Å². The highest BCUT2D eigenvalue weighted by Gasteiger charge is 2.38. The van der Waals surface area contributed by atoms with E-state index in [1.807, 2.05) is 0 Å². The molecule has 1 aliphatic rings. The van der Waals surface area contributed by atoms with Crippen LogP contribution < -0.4 is 10.6 Å². The molecule has 0 radical (unpaired) electrons. The summed E-state index contributed by atoms with van der Waals surface area (Å²) in [4.78, 5) is 0. The van der Waals surface area contributed by atoms with E-state index in [0.717, 1.165) is 5.92 Å². The Labute approximate surface area is 63.4 Å². The third-order valence-electron chi connectivity index (χ3n) is 1.85. The van der Waals surface area contributed by atoms with Crippen molar-refractivity contribution in [2.75, 3.05) is 0 Å². The standard InChI is InChI=1S/C8H18N2/c1-5(2)7-8(10-7)9-6(3)4/h5-10H,1-4H3. The van der Waals surface area contributed by atoms with Crippen molar-refractivity contribution in [3.05, 3.63) is 0 Å². The maximum absolute atomic E-state index is 3.44. The van der Waals surface area contributed by atoms with Gasteiger partial charge in [-0.15, -0.1) is 0 Å². The predicted octanol–water partition coefficient (Wildman–Crippen LogP) is 0.938. The van der Waals surface area contributed by atoms with Crippen molar-refractivity contribution in [1.29, 1.82) is 0 Å². The van der Waals surface area contributed by atoms with Gasteiger partial charge in [0.05, 0.1) is 6.17 Å². The van der Waals surface area contributed by atoms with Crippen LogP contribution in [-0.4, -0.2) is 18.2 Å². The third-order valence-corrected chi connectivity index (χ3v) is 1.85. The summed E-state index contributed by atoms with van der Waals surface area (Å²) < 4.78 is 0. The molecule has 0 bridgehead atoms. The van der Waals surface area contributed by atoms with E-state index in [-0.39, 0.29) is 0 Å². The van der Waals surface area contributed by atoms with E-state index in [0.29, 0.717) is 18.2 Å². The van der Waals surface area contributed by atoms with E-state index in [4.69, 9.17) is 0 Å². The number of rotatable bonds is 3. The lowest BCUT2D eigenvalue weighted by Crippen LogP contribution is -2.29. The lowest BCUT2D eigenvalue weighted by molar-refractivity contribution is 0.534. The molecule has 0 aliphatic carbocycles. The monoisotopic (exact) mass is 142 g/mol. The van der Waals surface area contributed by atoms with E-state index < -0.39 is 0 Å². The van der Waals surface area contributed by atoms with Crippen LogP contribution in [0.2, 0.25) is 0 Å².